The Morgan fingerprint density at radius 1 is 1.16 bits per heavy atom. The number of ether oxygens (including phenoxy) is 2. The van der Waals surface area contributed by atoms with Crippen molar-refractivity contribution in [3.63, 3.8) is 0 Å². The fourth-order valence-corrected chi connectivity index (χ4v) is 5.58. The average Bonchev–Trinajstić information content (AvgIpc) is 2.83. The molecule has 4 rings (SSSR count). The van der Waals surface area contributed by atoms with Crippen molar-refractivity contribution in [1.82, 2.24) is 9.97 Å². The van der Waals surface area contributed by atoms with Gasteiger partial charge in [0.25, 0.3) is 0 Å². The molecule has 38 heavy (non-hydrogen) atoms. The van der Waals surface area contributed by atoms with E-state index in [4.69, 9.17) is 9.47 Å². The Morgan fingerprint density at radius 2 is 1.89 bits per heavy atom. The molecule has 12 heteroatoms. The van der Waals surface area contributed by atoms with E-state index in [2.05, 4.69) is 35.9 Å². The minimum absolute atomic E-state index is 0.0169. The molecule has 1 atom stereocenters. The number of aromatic nitrogens is 2. The molecule has 1 aliphatic carbocycles. The lowest BCUT2D eigenvalue weighted by molar-refractivity contribution is -0.106. The molecule has 0 bridgehead atoms. The van der Waals surface area contributed by atoms with Crippen molar-refractivity contribution in [2.45, 2.75) is 44.2 Å². The summed E-state index contributed by atoms with van der Waals surface area (Å²) in [6, 6.07) is 11.8. The third-order valence-electron chi connectivity index (χ3n) is 6.44. The van der Waals surface area contributed by atoms with E-state index in [1.54, 1.807) is 4.72 Å². The van der Waals surface area contributed by atoms with Gasteiger partial charge in [-0.3, -0.25) is 4.72 Å². The Morgan fingerprint density at radius 3 is 2.61 bits per heavy atom. The van der Waals surface area contributed by atoms with E-state index in [9.17, 15) is 26.0 Å². The number of alkyl halides is 3. The first-order valence-corrected chi connectivity index (χ1v) is 13.4. The lowest BCUT2D eigenvalue weighted by Crippen LogP contribution is -2.28. The van der Waals surface area contributed by atoms with Crippen LogP contribution in [0.5, 0.6) is 11.8 Å². The topological polar surface area (TPSA) is 90.4 Å². The molecule has 0 radical (unpaired) electrons. The molecule has 3 aromatic rings. The van der Waals surface area contributed by atoms with Gasteiger partial charge >= 0.3 is 6.18 Å². The van der Waals surface area contributed by atoms with Gasteiger partial charge in [0.15, 0.2) is 5.75 Å². The molecule has 1 aliphatic rings. The second-order valence-electron chi connectivity index (χ2n) is 9.75. The predicted octanol–water partition coefficient (Wildman–Crippen LogP) is 5.83. The van der Waals surface area contributed by atoms with Crippen LogP contribution in [0.3, 0.4) is 0 Å². The number of hydrogen-bond acceptors (Lipinski definition) is 6. The zero-order chi connectivity index (χ0) is 27.7. The minimum Gasteiger partial charge on any atom is -0.480 e. The minimum atomic E-state index is -4.96. The summed E-state index contributed by atoms with van der Waals surface area (Å²) in [6.07, 6.45) is -1.90. The van der Waals surface area contributed by atoms with Gasteiger partial charge in [-0.2, -0.15) is 13.2 Å². The van der Waals surface area contributed by atoms with Crippen molar-refractivity contribution in [3.8, 4) is 23.0 Å². The number of pyridine rings is 2. The maximum absolute atomic E-state index is 14.7. The second-order valence-corrected chi connectivity index (χ2v) is 11.5. The van der Waals surface area contributed by atoms with Crippen molar-refractivity contribution in [2.24, 2.45) is 0 Å². The van der Waals surface area contributed by atoms with Gasteiger partial charge < -0.3 is 9.47 Å². The predicted molar refractivity (Wildman–Crippen MR) is 134 cm³/mol. The van der Waals surface area contributed by atoms with Crippen molar-refractivity contribution < 1.29 is 35.5 Å². The number of hydrogen-bond donors (Lipinski definition) is 1. The molecular formula is C26H27F4N3O4S. The molecule has 2 heterocycles. The molecule has 7 nitrogen and oxygen atoms in total. The smallest absolute Gasteiger partial charge is 0.404 e. The molecule has 2 aromatic heterocycles. The Balaban J connectivity index is 1.58. The molecule has 0 saturated heterocycles. The highest BCUT2D eigenvalue weighted by Gasteiger charge is 2.36. The molecular weight excluding hydrogens is 526 g/mol. The lowest BCUT2D eigenvalue weighted by atomic mass is 9.69. The maximum atomic E-state index is 14.7. The number of anilines is 1. The van der Waals surface area contributed by atoms with Crippen LogP contribution in [0.15, 0.2) is 48.7 Å². The SMILES string of the molecule is COc1ncc(-c2nc(OCC3CCC(C)(C)c4ccccc43)ccc2F)cc1NS(=O)(=O)CC(F)(F)F. The van der Waals surface area contributed by atoms with Crippen LogP contribution in [0.2, 0.25) is 0 Å². The van der Waals surface area contributed by atoms with Gasteiger partial charge in [0.05, 0.1) is 13.7 Å². The van der Waals surface area contributed by atoms with E-state index in [1.165, 1.54) is 30.5 Å². The first-order valence-electron chi connectivity index (χ1n) is 11.8. The van der Waals surface area contributed by atoms with E-state index in [0.29, 0.717) is 6.61 Å². The van der Waals surface area contributed by atoms with Crippen molar-refractivity contribution >= 4 is 15.7 Å². The summed E-state index contributed by atoms with van der Waals surface area (Å²) in [4.78, 5) is 8.13. The van der Waals surface area contributed by atoms with Gasteiger partial charge in [-0.25, -0.2) is 22.8 Å². The first kappa shape index (κ1) is 27.6. The van der Waals surface area contributed by atoms with Gasteiger partial charge in [-0.15, -0.1) is 0 Å². The Bertz CT molecular complexity index is 1430. The second kappa shape index (κ2) is 10.4. The number of benzene rings is 1. The van der Waals surface area contributed by atoms with Crippen LogP contribution in [-0.4, -0.2) is 44.0 Å². The molecule has 0 spiro atoms. The number of nitrogens with one attached hydrogen (secondary N) is 1. The maximum Gasteiger partial charge on any atom is 0.404 e. The summed E-state index contributed by atoms with van der Waals surface area (Å²) in [5.41, 5.74) is 1.93. The Kier molecular flexibility index (Phi) is 7.55. The van der Waals surface area contributed by atoms with Gasteiger partial charge in [-0.1, -0.05) is 38.1 Å². The highest BCUT2D eigenvalue weighted by atomic mass is 32.2. The summed E-state index contributed by atoms with van der Waals surface area (Å²) in [7, 11) is -3.66. The highest BCUT2D eigenvalue weighted by Crippen LogP contribution is 2.42. The van der Waals surface area contributed by atoms with Crippen LogP contribution < -0.4 is 14.2 Å². The normalized spacial score (nSPS) is 17.0. The van der Waals surface area contributed by atoms with Gasteiger partial charge in [0.1, 0.15) is 17.2 Å². The fraction of sp³-hybridized carbons (Fsp3) is 0.385. The number of fused-ring (bicyclic) bond motifs is 1. The molecule has 1 unspecified atom stereocenters. The summed E-state index contributed by atoms with van der Waals surface area (Å²) >= 11 is 0. The number of sulfonamides is 1. The van der Waals surface area contributed by atoms with Crippen molar-refractivity contribution in [3.05, 3.63) is 65.6 Å². The lowest BCUT2D eigenvalue weighted by Gasteiger charge is -2.37. The molecule has 204 valence electrons. The molecule has 0 fully saturated rings. The zero-order valence-corrected chi connectivity index (χ0v) is 21.8. The average molecular weight is 554 g/mol. The number of rotatable bonds is 8. The van der Waals surface area contributed by atoms with E-state index >= 15 is 0 Å². The van der Waals surface area contributed by atoms with Gasteiger partial charge in [0, 0.05) is 23.7 Å². The van der Waals surface area contributed by atoms with Crippen molar-refractivity contribution in [2.75, 3.05) is 24.2 Å². The summed E-state index contributed by atoms with van der Waals surface area (Å²) < 4.78 is 89.4. The van der Waals surface area contributed by atoms with Crippen LogP contribution in [0.1, 0.15) is 43.7 Å². The number of halogens is 4. The largest absolute Gasteiger partial charge is 0.480 e. The van der Waals surface area contributed by atoms with E-state index in [0.717, 1.165) is 25.0 Å². The zero-order valence-electron chi connectivity index (χ0n) is 21.0. The molecule has 1 aromatic carbocycles. The van der Waals surface area contributed by atoms with E-state index in [-0.39, 0.29) is 40.0 Å². The third kappa shape index (κ3) is 6.35. The van der Waals surface area contributed by atoms with Crippen LogP contribution in [0, 0.1) is 5.82 Å². The fourth-order valence-electron chi connectivity index (χ4n) is 4.60. The van der Waals surface area contributed by atoms with Gasteiger partial charge in [-0.05, 0) is 41.5 Å². The highest BCUT2D eigenvalue weighted by molar-refractivity contribution is 7.92. The summed E-state index contributed by atoms with van der Waals surface area (Å²) in [6.45, 7) is 4.72. The Hall–Kier alpha value is -3.41. The van der Waals surface area contributed by atoms with Crippen LogP contribution in [-0.2, 0) is 15.4 Å². The monoisotopic (exact) mass is 553 g/mol. The van der Waals surface area contributed by atoms with Crippen LogP contribution in [0.25, 0.3) is 11.3 Å². The Labute approximate surface area is 218 Å². The first-order chi connectivity index (χ1) is 17.8. The molecule has 0 saturated carbocycles. The van der Waals surface area contributed by atoms with Gasteiger partial charge in [0.2, 0.25) is 21.8 Å². The number of nitrogens with zero attached hydrogens (tertiary/aromatic N) is 2. The van der Waals surface area contributed by atoms with Crippen molar-refractivity contribution in [1.29, 1.82) is 0 Å². The standard InChI is InChI=1S/C26H27F4N3O4S/c1-25(2)11-10-16(18-6-4-5-7-19(18)25)14-37-22-9-8-20(27)23(32-22)17-12-21(24(36-3)31-13-17)33-38(34,35)15-26(28,29)30/h4-9,12-13,16,33H,10-11,14-15H2,1-3H3. The molecule has 0 aliphatic heterocycles. The summed E-state index contributed by atoms with van der Waals surface area (Å²) in [5.74, 6) is -2.89. The van der Waals surface area contributed by atoms with E-state index in [1.807, 2.05) is 12.1 Å². The number of methoxy groups -OCH3 is 1. The molecule has 0 amide bonds. The van der Waals surface area contributed by atoms with Crippen LogP contribution in [0.4, 0.5) is 23.2 Å². The van der Waals surface area contributed by atoms with Crippen LogP contribution >= 0.6 is 0 Å². The summed E-state index contributed by atoms with van der Waals surface area (Å²) in [5, 5.41) is 0. The quantitative estimate of drug-likeness (QED) is 0.353. The molecule has 1 N–H and O–H groups in total. The van der Waals surface area contributed by atoms with E-state index < -0.39 is 27.8 Å². The third-order valence-corrected chi connectivity index (χ3v) is 7.68.